The van der Waals surface area contributed by atoms with Crippen LogP contribution < -0.4 is 10.9 Å². The lowest BCUT2D eigenvalue weighted by molar-refractivity contribution is 0.179. The molecule has 0 amide bonds. The van der Waals surface area contributed by atoms with Crippen molar-refractivity contribution in [2.75, 3.05) is 26.2 Å². The molecule has 1 aromatic rings. The van der Waals surface area contributed by atoms with E-state index in [1.807, 2.05) is 0 Å². The van der Waals surface area contributed by atoms with Gasteiger partial charge < -0.3 is 10.3 Å². The first kappa shape index (κ1) is 10.3. The van der Waals surface area contributed by atoms with Gasteiger partial charge in [0.25, 0.3) is 5.56 Å². The van der Waals surface area contributed by atoms with Crippen molar-refractivity contribution in [2.45, 2.75) is 13.0 Å². The predicted octanol–water partition coefficient (Wildman–Crippen LogP) is -0.264. The zero-order chi connectivity index (χ0) is 10.7. The quantitative estimate of drug-likeness (QED) is 0.702. The third-order valence-corrected chi connectivity index (χ3v) is 2.79. The van der Waals surface area contributed by atoms with E-state index in [1.54, 1.807) is 6.20 Å². The van der Waals surface area contributed by atoms with Crippen LogP contribution >= 0.6 is 0 Å². The molecule has 1 aliphatic rings. The lowest BCUT2D eigenvalue weighted by Crippen LogP contribution is -2.45. The first-order valence-electron chi connectivity index (χ1n) is 5.27. The van der Waals surface area contributed by atoms with Crippen molar-refractivity contribution in [2.24, 2.45) is 0 Å². The van der Waals surface area contributed by atoms with E-state index in [4.69, 9.17) is 0 Å². The van der Waals surface area contributed by atoms with Gasteiger partial charge >= 0.3 is 0 Å². The highest BCUT2D eigenvalue weighted by molar-refractivity contribution is 4.96. The third-order valence-electron chi connectivity index (χ3n) is 2.79. The van der Waals surface area contributed by atoms with Gasteiger partial charge in [-0.1, -0.05) is 0 Å². The molecule has 1 fully saturated rings. The normalized spacial score (nSPS) is 20.1. The van der Waals surface area contributed by atoms with Crippen molar-refractivity contribution in [1.82, 2.24) is 20.2 Å². The average Bonchev–Trinajstić information content (AvgIpc) is 2.29. The number of hydrogen-bond acceptors (Lipinski definition) is 4. The van der Waals surface area contributed by atoms with Gasteiger partial charge in [0.2, 0.25) is 0 Å². The van der Waals surface area contributed by atoms with Gasteiger partial charge in [0, 0.05) is 38.4 Å². The van der Waals surface area contributed by atoms with E-state index < -0.39 is 0 Å². The van der Waals surface area contributed by atoms with Crippen molar-refractivity contribution in [1.29, 1.82) is 0 Å². The van der Waals surface area contributed by atoms with E-state index in [1.165, 1.54) is 6.07 Å². The maximum Gasteiger partial charge on any atom is 0.250 e. The average molecular weight is 208 g/mol. The summed E-state index contributed by atoms with van der Waals surface area (Å²) in [4.78, 5) is 20.4. The summed E-state index contributed by atoms with van der Waals surface area (Å²) in [5.41, 5.74) is -0.0815. The van der Waals surface area contributed by atoms with Gasteiger partial charge in [-0.05, 0) is 6.92 Å². The highest BCUT2D eigenvalue weighted by atomic mass is 16.1. The number of nitrogens with one attached hydrogen (secondary N) is 2. The minimum atomic E-state index is -0.0815. The van der Waals surface area contributed by atoms with Crippen LogP contribution in [0.2, 0.25) is 0 Å². The fourth-order valence-electron chi connectivity index (χ4n) is 1.84. The molecule has 5 heteroatoms. The van der Waals surface area contributed by atoms with Crippen LogP contribution in [0.25, 0.3) is 0 Å². The lowest BCUT2D eigenvalue weighted by Gasteiger charge is -2.31. The van der Waals surface area contributed by atoms with Crippen molar-refractivity contribution in [3.63, 3.8) is 0 Å². The SMILES string of the molecule is CC(c1nccc(=O)[nH]1)N1CCNCC1. The molecule has 15 heavy (non-hydrogen) atoms. The molecule has 0 aliphatic carbocycles. The van der Waals surface area contributed by atoms with Gasteiger partial charge in [-0.25, -0.2) is 4.98 Å². The number of aromatic nitrogens is 2. The molecule has 0 bridgehead atoms. The van der Waals surface area contributed by atoms with Crippen molar-refractivity contribution < 1.29 is 0 Å². The molecule has 1 aliphatic heterocycles. The van der Waals surface area contributed by atoms with E-state index in [-0.39, 0.29) is 11.6 Å². The van der Waals surface area contributed by atoms with Crippen LogP contribution in [0.3, 0.4) is 0 Å². The van der Waals surface area contributed by atoms with Crippen LogP contribution in [0, 0.1) is 0 Å². The molecule has 0 spiro atoms. The molecule has 2 rings (SSSR count). The minimum Gasteiger partial charge on any atom is -0.314 e. The largest absolute Gasteiger partial charge is 0.314 e. The summed E-state index contributed by atoms with van der Waals surface area (Å²) in [6.07, 6.45) is 1.56. The molecule has 1 saturated heterocycles. The summed E-state index contributed by atoms with van der Waals surface area (Å²) in [5, 5.41) is 3.30. The summed E-state index contributed by atoms with van der Waals surface area (Å²) in [6, 6.07) is 1.62. The summed E-state index contributed by atoms with van der Waals surface area (Å²) in [6.45, 7) is 6.08. The molecular weight excluding hydrogens is 192 g/mol. The van der Waals surface area contributed by atoms with Crippen LogP contribution in [0.1, 0.15) is 18.8 Å². The maximum absolute atomic E-state index is 11.2. The fraction of sp³-hybridized carbons (Fsp3) is 0.600. The monoisotopic (exact) mass is 208 g/mol. The molecular formula is C10H16N4O. The zero-order valence-electron chi connectivity index (χ0n) is 8.86. The van der Waals surface area contributed by atoms with Gasteiger partial charge in [-0.3, -0.25) is 9.69 Å². The Labute approximate surface area is 88.5 Å². The fourth-order valence-corrected chi connectivity index (χ4v) is 1.84. The van der Waals surface area contributed by atoms with Crippen LogP contribution in [0.15, 0.2) is 17.1 Å². The van der Waals surface area contributed by atoms with Crippen molar-refractivity contribution >= 4 is 0 Å². The van der Waals surface area contributed by atoms with Crippen LogP contribution in [-0.4, -0.2) is 41.0 Å². The van der Waals surface area contributed by atoms with Crippen LogP contribution in [-0.2, 0) is 0 Å². The highest BCUT2D eigenvalue weighted by Crippen LogP contribution is 2.14. The minimum absolute atomic E-state index is 0.0815. The van der Waals surface area contributed by atoms with Crippen LogP contribution in [0.5, 0.6) is 0 Å². The number of H-pyrrole nitrogens is 1. The number of hydrogen-bond donors (Lipinski definition) is 2. The van der Waals surface area contributed by atoms with E-state index in [2.05, 4.69) is 27.1 Å². The first-order valence-corrected chi connectivity index (χ1v) is 5.27. The smallest absolute Gasteiger partial charge is 0.250 e. The molecule has 1 atom stereocenters. The molecule has 0 saturated carbocycles. The van der Waals surface area contributed by atoms with Gasteiger partial charge in [0.05, 0.1) is 6.04 Å². The number of nitrogens with zero attached hydrogens (tertiary/aromatic N) is 2. The Morgan fingerprint density at radius 1 is 1.47 bits per heavy atom. The Morgan fingerprint density at radius 2 is 2.20 bits per heavy atom. The number of rotatable bonds is 2. The molecule has 2 N–H and O–H groups in total. The van der Waals surface area contributed by atoms with Crippen molar-refractivity contribution in [3.8, 4) is 0 Å². The van der Waals surface area contributed by atoms with E-state index in [0.29, 0.717) is 0 Å². The third kappa shape index (κ3) is 2.43. The Kier molecular flexibility index (Phi) is 3.13. The standard InChI is InChI=1S/C10H16N4O/c1-8(14-6-4-11-5-7-14)10-12-3-2-9(15)13-10/h2-3,8,11H,4-7H2,1H3,(H,12,13,15). The summed E-state index contributed by atoms with van der Waals surface area (Å²) in [5.74, 6) is 0.754. The second-order valence-electron chi connectivity index (χ2n) is 3.78. The molecule has 2 heterocycles. The predicted molar refractivity (Wildman–Crippen MR) is 57.7 cm³/mol. The summed E-state index contributed by atoms with van der Waals surface area (Å²) in [7, 11) is 0. The second kappa shape index (κ2) is 4.55. The summed E-state index contributed by atoms with van der Waals surface area (Å²) >= 11 is 0. The summed E-state index contributed by atoms with van der Waals surface area (Å²) < 4.78 is 0. The lowest BCUT2D eigenvalue weighted by atomic mass is 10.2. The van der Waals surface area contributed by atoms with Gasteiger partial charge in [-0.2, -0.15) is 0 Å². The van der Waals surface area contributed by atoms with Gasteiger partial charge in [0.1, 0.15) is 5.82 Å². The molecule has 0 aromatic carbocycles. The van der Waals surface area contributed by atoms with E-state index >= 15 is 0 Å². The van der Waals surface area contributed by atoms with E-state index in [0.717, 1.165) is 32.0 Å². The molecule has 82 valence electrons. The zero-order valence-corrected chi connectivity index (χ0v) is 8.86. The maximum atomic E-state index is 11.2. The molecule has 1 unspecified atom stereocenters. The number of piperazine rings is 1. The topological polar surface area (TPSA) is 61.0 Å². The molecule has 0 radical (unpaired) electrons. The van der Waals surface area contributed by atoms with Crippen molar-refractivity contribution in [3.05, 3.63) is 28.4 Å². The Bertz CT molecular complexity index is 370. The number of aromatic amines is 1. The highest BCUT2D eigenvalue weighted by Gasteiger charge is 2.19. The second-order valence-corrected chi connectivity index (χ2v) is 3.78. The van der Waals surface area contributed by atoms with Gasteiger partial charge in [0.15, 0.2) is 0 Å². The Hall–Kier alpha value is -1.20. The molecule has 5 nitrogen and oxygen atoms in total. The van der Waals surface area contributed by atoms with Crippen LogP contribution in [0.4, 0.5) is 0 Å². The Morgan fingerprint density at radius 3 is 2.87 bits per heavy atom. The molecule has 1 aromatic heterocycles. The van der Waals surface area contributed by atoms with Gasteiger partial charge in [-0.15, -0.1) is 0 Å². The first-order chi connectivity index (χ1) is 7.27. The Balaban J connectivity index is 2.12. The van der Waals surface area contributed by atoms with E-state index in [9.17, 15) is 4.79 Å².